The third kappa shape index (κ3) is 3.89. The maximum absolute atomic E-state index is 13.9. The number of hydrogen-bond donors (Lipinski definition) is 2. The van der Waals surface area contributed by atoms with Crippen LogP contribution in [-0.2, 0) is 6.54 Å². The van der Waals surface area contributed by atoms with Gasteiger partial charge in [0.25, 0.3) is 0 Å². The highest BCUT2D eigenvalue weighted by atomic mass is 32.1. The second kappa shape index (κ2) is 6.81. The van der Waals surface area contributed by atoms with Gasteiger partial charge in [-0.15, -0.1) is 0 Å². The summed E-state index contributed by atoms with van der Waals surface area (Å²) in [5.74, 6) is 0.232. The number of benzene rings is 1. The molecule has 1 aromatic heterocycles. The first kappa shape index (κ1) is 14.2. The molecule has 1 heterocycles. The molecule has 2 rings (SSSR count). The molecular formula is C14H14FN3OS. The van der Waals surface area contributed by atoms with Gasteiger partial charge in [-0.1, -0.05) is 6.07 Å². The average Bonchev–Trinajstić information content (AvgIpc) is 2.48. The predicted molar refractivity (Wildman–Crippen MR) is 79.2 cm³/mol. The normalized spacial score (nSPS) is 9.90. The highest BCUT2D eigenvalue weighted by Gasteiger charge is 2.06. The standard InChI is InChI=1S/C14H14FN3OS/c1-16-14(20)18-8-10-4-5-13(12(15)7-10)19-11-3-2-6-17-9-11/h2-7,9H,8H2,1H3,(H2,16,18,20). The summed E-state index contributed by atoms with van der Waals surface area (Å²) in [6.07, 6.45) is 3.16. The molecule has 0 saturated carbocycles. The van der Waals surface area contributed by atoms with Gasteiger partial charge in [0.05, 0.1) is 6.20 Å². The number of pyridine rings is 1. The SMILES string of the molecule is CNC(=S)NCc1ccc(Oc2cccnc2)c(F)c1. The van der Waals surface area contributed by atoms with Crippen molar-refractivity contribution in [1.29, 1.82) is 0 Å². The molecule has 2 aromatic rings. The van der Waals surface area contributed by atoms with Gasteiger partial charge in [0, 0.05) is 19.8 Å². The lowest BCUT2D eigenvalue weighted by Crippen LogP contribution is -2.31. The molecule has 6 heteroatoms. The summed E-state index contributed by atoms with van der Waals surface area (Å²) in [5, 5.41) is 6.25. The zero-order chi connectivity index (χ0) is 14.4. The molecule has 20 heavy (non-hydrogen) atoms. The second-order valence-electron chi connectivity index (χ2n) is 3.99. The van der Waals surface area contributed by atoms with E-state index < -0.39 is 5.82 Å². The Morgan fingerprint density at radius 1 is 1.40 bits per heavy atom. The van der Waals surface area contributed by atoms with Gasteiger partial charge in [-0.3, -0.25) is 4.98 Å². The molecule has 4 nitrogen and oxygen atoms in total. The first-order chi connectivity index (χ1) is 9.69. The van der Waals surface area contributed by atoms with Crippen molar-refractivity contribution in [2.45, 2.75) is 6.54 Å². The number of rotatable bonds is 4. The van der Waals surface area contributed by atoms with Crippen molar-refractivity contribution >= 4 is 17.3 Å². The summed E-state index contributed by atoms with van der Waals surface area (Å²) < 4.78 is 19.3. The molecule has 0 saturated heterocycles. The molecule has 1 aromatic carbocycles. The maximum atomic E-state index is 13.9. The molecular weight excluding hydrogens is 277 g/mol. The van der Waals surface area contributed by atoms with Crippen LogP contribution in [-0.4, -0.2) is 17.1 Å². The zero-order valence-corrected chi connectivity index (χ0v) is 11.7. The van der Waals surface area contributed by atoms with E-state index in [1.807, 2.05) is 0 Å². The molecule has 104 valence electrons. The highest BCUT2D eigenvalue weighted by Crippen LogP contribution is 2.24. The molecule has 0 amide bonds. The molecule has 0 aliphatic rings. The number of hydrogen-bond acceptors (Lipinski definition) is 3. The number of aromatic nitrogens is 1. The molecule has 0 atom stereocenters. The molecule has 2 N–H and O–H groups in total. The van der Waals surface area contributed by atoms with E-state index in [9.17, 15) is 4.39 Å². The van der Waals surface area contributed by atoms with Crippen LogP contribution in [0.4, 0.5) is 4.39 Å². The monoisotopic (exact) mass is 291 g/mol. The lowest BCUT2D eigenvalue weighted by Gasteiger charge is -2.09. The van der Waals surface area contributed by atoms with Gasteiger partial charge in [-0.05, 0) is 42.0 Å². The fourth-order valence-corrected chi connectivity index (χ4v) is 1.61. The minimum Gasteiger partial charge on any atom is -0.453 e. The molecule has 0 aliphatic heterocycles. The molecule has 0 aliphatic carbocycles. The largest absolute Gasteiger partial charge is 0.453 e. The molecule has 0 spiro atoms. The summed E-state index contributed by atoms with van der Waals surface area (Å²) in [4.78, 5) is 3.91. The van der Waals surface area contributed by atoms with Gasteiger partial charge in [0.15, 0.2) is 16.7 Å². The Morgan fingerprint density at radius 2 is 2.25 bits per heavy atom. The lowest BCUT2D eigenvalue weighted by molar-refractivity contribution is 0.440. The Balaban J connectivity index is 2.04. The van der Waals surface area contributed by atoms with Crippen LogP contribution in [0, 0.1) is 5.82 Å². The summed E-state index contributed by atoms with van der Waals surface area (Å²) in [7, 11) is 1.72. The van der Waals surface area contributed by atoms with E-state index in [-0.39, 0.29) is 5.75 Å². The first-order valence-corrected chi connectivity index (χ1v) is 6.42. The van der Waals surface area contributed by atoms with Crippen LogP contribution in [0.15, 0.2) is 42.7 Å². The topological polar surface area (TPSA) is 46.2 Å². The van der Waals surface area contributed by atoms with Crippen molar-refractivity contribution < 1.29 is 9.13 Å². The van der Waals surface area contributed by atoms with Crippen molar-refractivity contribution in [3.8, 4) is 11.5 Å². The van der Waals surface area contributed by atoms with Crippen LogP contribution in [0.1, 0.15) is 5.56 Å². The van der Waals surface area contributed by atoms with Gasteiger partial charge in [-0.25, -0.2) is 4.39 Å². The Bertz CT molecular complexity index is 592. The van der Waals surface area contributed by atoms with E-state index in [0.29, 0.717) is 17.4 Å². The average molecular weight is 291 g/mol. The predicted octanol–water partition coefficient (Wildman–Crippen LogP) is 2.61. The quantitative estimate of drug-likeness (QED) is 0.848. The van der Waals surface area contributed by atoms with Crippen molar-refractivity contribution in [1.82, 2.24) is 15.6 Å². The fraction of sp³-hybridized carbons (Fsp3) is 0.143. The minimum absolute atomic E-state index is 0.165. The Morgan fingerprint density at radius 3 is 2.90 bits per heavy atom. The van der Waals surface area contributed by atoms with E-state index in [2.05, 4.69) is 15.6 Å². The fourth-order valence-electron chi connectivity index (χ4n) is 1.54. The Kier molecular flexibility index (Phi) is 4.84. The van der Waals surface area contributed by atoms with Gasteiger partial charge < -0.3 is 15.4 Å². The summed E-state index contributed by atoms with van der Waals surface area (Å²) in [6, 6.07) is 8.22. The van der Waals surface area contributed by atoms with Crippen LogP contribution in [0.5, 0.6) is 11.5 Å². The minimum atomic E-state index is -0.427. The van der Waals surface area contributed by atoms with Gasteiger partial charge in [0.2, 0.25) is 0 Å². The van der Waals surface area contributed by atoms with Crippen molar-refractivity contribution in [2.75, 3.05) is 7.05 Å². The van der Waals surface area contributed by atoms with E-state index in [1.54, 1.807) is 37.5 Å². The van der Waals surface area contributed by atoms with E-state index in [0.717, 1.165) is 5.56 Å². The van der Waals surface area contributed by atoms with Gasteiger partial charge in [0.1, 0.15) is 5.75 Å². The molecule has 0 fully saturated rings. The van der Waals surface area contributed by atoms with E-state index >= 15 is 0 Å². The molecule has 0 radical (unpaired) electrons. The van der Waals surface area contributed by atoms with Crippen molar-refractivity contribution in [3.05, 3.63) is 54.1 Å². The first-order valence-electron chi connectivity index (χ1n) is 6.01. The zero-order valence-electron chi connectivity index (χ0n) is 10.9. The van der Waals surface area contributed by atoms with Crippen LogP contribution in [0.2, 0.25) is 0 Å². The number of nitrogens with zero attached hydrogens (tertiary/aromatic N) is 1. The van der Waals surface area contributed by atoms with Crippen LogP contribution in [0.3, 0.4) is 0 Å². The smallest absolute Gasteiger partial charge is 0.166 e. The third-order valence-corrected chi connectivity index (χ3v) is 2.89. The Labute approximate surface area is 122 Å². The number of nitrogens with one attached hydrogen (secondary N) is 2. The van der Waals surface area contributed by atoms with Crippen LogP contribution in [0.25, 0.3) is 0 Å². The van der Waals surface area contributed by atoms with Crippen LogP contribution >= 0.6 is 12.2 Å². The van der Waals surface area contributed by atoms with E-state index in [4.69, 9.17) is 17.0 Å². The summed E-state index contributed by atoms with van der Waals surface area (Å²) in [6.45, 7) is 0.448. The van der Waals surface area contributed by atoms with Gasteiger partial charge >= 0.3 is 0 Å². The lowest BCUT2D eigenvalue weighted by atomic mass is 10.2. The summed E-state index contributed by atoms with van der Waals surface area (Å²) >= 11 is 4.95. The van der Waals surface area contributed by atoms with Crippen molar-refractivity contribution in [3.63, 3.8) is 0 Å². The number of thiocarbonyl (C=S) groups is 1. The number of ether oxygens (including phenoxy) is 1. The third-order valence-electron chi connectivity index (χ3n) is 2.54. The summed E-state index contributed by atoms with van der Waals surface area (Å²) in [5.41, 5.74) is 0.777. The Hall–Kier alpha value is -2.21. The van der Waals surface area contributed by atoms with Crippen molar-refractivity contribution in [2.24, 2.45) is 0 Å². The molecule has 0 unspecified atom stereocenters. The number of halogens is 1. The maximum Gasteiger partial charge on any atom is 0.166 e. The van der Waals surface area contributed by atoms with Gasteiger partial charge in [-0.2, -0.15) is 0 Å². The van der Waals surface area contributed by atoms with E-state index in [1.165, 1.54) is 12.3 Å². The second-order valence-corrected chi connectivity index (χ2v) is 4.40. The molecule has 0 bridgehead atoms. The highest BCUT2D eigenvalue weighted by molar-refractivity contribution is 7.80. The van der Waals surface area contributed by atoms with Crippen LogP contribution < -0.4 is 15.4 Å².